The van der Waals surface area contributed by atoms with E-state index in [-0.39, 0.29) is 12.0 Å². The van der Waals surface area contributed by atoms with Crippen LogP contribution in [0.4, 0.5) is 0 Å². The number of benzene rings is 2. The third-order valence-electron chi connectivity index (χ3n) is 3.60. The molecule has 0 fully saturated rings. The summed E-state index contributed by atoms with van der Waals surface area (Å²) in [5.41, 5.74) is 2.15. The molecule has 2 aromatic carbocycles. The first-order valence-corrected chi connectivity index (χ1v) is 8.94. The predicted molar refractivity (Wildman–Crippen MR) is 98.4 cm³/mol. The van der Waals surface area contributed by atoms with Gasteiger partial charge in [-0.15, -0.1) is 11.8 Å². The number of ether oxygens (including phenoxy) is 2. The molecule has 0 saturated carbocycles. The van der Waals surface area contributed by atoms with Crippen LogP contribution >= 0.6 is 11.8 Å². The molecule has 0 aromatic heterocycles. The monoisotopic (exact) mass is 345 g/mol. The molecule has 2 aromatic rings. The van der Waals surface area contributed by atoms with Gasteiger partial charge in [0.15, 0.2) is 0 Å². The predicted octanol–water partition coefficient (Wildman–Crippen LogP) is 3.43. The number of methoxy groups -OCH3 is 2. The molecule has 0 radical (unpaired) electrons. The SMILES string of the molecule is COc1ccccc1C(CNC(=O)CSCc1ccccc1)OC. The smallest absolute Gasteiger partial charge is 0.230 e. The van der Waals surface area contributed by atoms with Crippen molar-refractivity contribution in [3.05, 3.63) is 65.7 Å². The van der Waals surface area contributed by atoms with E-state index in [1.165, 1.54) is 5.56 Å². The maximum Gasteiger partial charge on any atom is 0.230 e. The minimum Gasteiger partial charge on any atom is -0.496 e. The fourth-order valence-electron chi connectivity index (χ4n) is 2.35. The Morgan fingerprint density at radius 3 is 2.50 bits per heavy atom. The number of carbonyl (C=O) groups is 1. The van der Waals surface area contributed by atoms with Gasteiger partial charge in [0.25, 0.3) is 0 Å². The van der Waals surface area contributed by atoms with Gasteiger partial charge in [-0.25, -0.2) is 0 Å². The number of hydrogen-bond acceptors (Lipinski definition) is 4. The summed E-state index contributed by atoms with van der Waals surface area (Å²) in [5, 5.41) is 2.93. The van der Waals surface area contributed by atoms with Crippen molar-refractivity contribution >= 4 is 17.7 Å². The lowest BCUT2D eigenvalue weighted by atomic mass is 10.1. The summed E-state index contributed by atoms with van der Waals surface area (Å²) in [5.74, 6) is 2.02. The Labute approximate surface area is 147 Å². The van der Waals surface area contributed by atoms with E-state index in [4.69, 9.17) is 9.47 Å². The van der Waals surface area contributed by atoms with Crippen molar-refractivity contribution in [2.24, 2.45) is 0 Å². The Morgan fingerprint density at radius 1 is 1.08 bits per heavy atom. The van der Waals surface area contributed by atoms with E-state index in [0.717, 1.165) is 17.1 Å². The second-order valence-electron chi connectivity index (χ2n) is 5.25. The largest absolute Gasteiger partial charge is 0.496 e. The molecule has 1 N–H and O–H groups in total. The molecule has 24 heavy (non-hydrogen) atoms. The summed E-state index contributed by atoms with van der Waals surface area (Å²) in [6.07, 6.45) is -0.232. The average Bonchev–Trinajstić information content (AvgIpc) is 2.63. The Morgan fingerprint density at radius 2 is 1.79 bits per heavy atom. The second kappa shape index (κ2) is 10.0. The summed E-state index contributed by atoms with van der Waals surface area (Å²) in [6.45, 7) is 0.418. The molecule has 0 aliphatic carbocycles. The molecular weight excluding hydrogens is 322 g/mol. The van der Waals surface area contributed by atoms with Gasteiger partial charge in [-0.2, -0.15) is 0 Å². The van der Waals surface area contributed by atoms with Crippen LogP contribution in [0.15, 0.2) is 54.6 Å². The molecule has 2 rings (SSSR count). The normalized spacial score (nSPS) is 11.8. The molecule has 0 saturated heterocycles. The lowest BCUT2D eigenvalue weighted by Gasteiger charge is -2.19. The van der Waals surface area contributed by atoms with Crippen LogP contribution in [0.5, 0.6) is 5.75 Å². The van der Waals surface area contributed by atoms with Crippen LogP contribution in [0.3, 0.4) is 0 Å². The molecule has 4 nitrogen and oxygen atoms in total. The summed E-state index contributed by atoms with van der Waals surface area (Å²) in [6, 6.07) is 17.8. The lowest BCUT2D eigenvalue weighted by Crippen LogP contribution is -2.30. The molecule has 0 spiro atoms. The Balaban J connectivity index is 1.79. The zero-order chi connectivity index (χ0) is 17.2. The minimum atomic E-state index is -0.232. The van der Waals surface area contributed by atoms with Crippen molar-refractivity contribution in [2.75, 3.05) is 26.5 Å². The quantitative estimate of drug-likeness (QED) is 0.756. The molecule has 5 heteroatoms. The third kappa shape index (κ3) is 5.58. The van der Waals surface area contributed by atoms with E-state index < -0.39 is 0 Å². The highest BCUT2D eigenvalue weighted by molar-refractivity contribution is 7.99. The number of amides is 1. The van der Waals surface area contributed by atoms with Gasteiger partial charge in [0.2, 0.25) is 5.91 Å². The summed E-state index contributed by atoms with van der Waals surface area (Å²) < 4.78 is 10.9. The third-order valence-corrected chi connectivity index (χ3v) is 4.60. The maximum atomic E-state index is 12.0. The highest BCUT2D eigenvalue weighted by atomic mass is 32.2. The summed E-state index contributed by atoms with van der Waals surface area (Å²) in [7, 11) is 3.26. The average molecular weight is 345 g/mol. The number of nitrogens with one attached hydrogen (secondary N) is 1. The van der Waals surface area contributed by atoms with Gasteiger partial charge >= 0.3 is 0 Å². The molecule has 1 amide bonds. The standard InChI is InChI=1S/C19H23NO3S/c1-22-17-11-7-6-10-16(17)18(23-2)12-20-19(21)14-24-13-15-8-4-3-5-9-15/h3-11,18H,12-14H2,1-2H3,(H,20,21). The van der Waals surface area contributed by atoms with E-state index in [2.05, 4.69) is 17.4 Å². The van der Waals surface area contributed by atoms with Gasteiger partial charge in [-0.3, -0.25) is 4.79 Å². The molecule has 1 unspecified atom stereocenters. The molecule has 0 heterocycles. The number of carbonyl (C=O) groups excluding carboxylic acids is 1. The van der Waals surface area contributed by atoms with Crippen LogP contribution in [0.1, 0.15) is 17.2 Å². The Hall–Kier alpha value is -1.98. The zero-order valence-electron chi connectivity index (χ0n) is 14.0. The summed E-state index contributed by atoms with van der Waals surface area (Å²) in [4.78, 5) is 12.0. The number of rotatable bonds is 9. The van der Waals surface area contributed by atoms with Crippen molar-refractivity contribution in [2.45, 2.75) is 11.9 Å². The fourth-order valence-corrected chi connectivity index (χ4v) is 3.16. The maximum absolute atomic E-state index is 12.0. The van der Waals surface area contributed by atoms with E-state index >= 15 is 0 Å². The Kier molecular flexibility index (Phi) is 7.65. The van der Waals surface area contributed by atoms with E-state index in [1.807, 2.05) is 42.5 Å². The number of para-hydroxylation sites is 1. The van der Waals surface area contributed by atoms with Crippen LogP contribution < -0.4 is 10.1 Å². The van der Waals surface area contributed by atoms with Crippen molar-refractivity contribution in [3.8, 4) is 5.75 Å². The van der Waals surface area contributed by atoms with E-state index in [9.17, 15) is 4.79 Å². The molecule has 1 atom stereocenters. The topological polar surface area (TPSA) is 47.6 Å². The molecule has 0 aliphatic rings. The van der Waals surface area contributed by atoms with E-state index in [0.29, 0.717) is 12.3 Å². The minimum absolute atomic E-state index is 0.00730. The second-order valence-corrected chi connectivity index (χ2v) is 6.23. The first kappa shape index (κ1) is 18.4. The molecular formula is C19H23NO3S. The van der Waals surface area contributed by atoms with Gasteiger partial charge < -0.3 is 14.8 Å². The lowest BCUT2D eigenvalue weighted by molar-refractivity contribution is -0.119. The van der Waals surface area contributed by atoms with Crippen molar-refractivity contribution < 1.29 is 14.3 Å². The van der Waals surface area contributed by atoms with Crippen molar-refractivity contribution in [1.29, 1.82) is 0 Å². The first-order valence-electron chi connectivity index (χ1n) is 7.78. The number of hydrogen-bond donors (Lipinski definition) is 1. The molecule has 0 aliphatic heterocycles. The van der Waals surface area contributed by atoms with Gasteiger partial charge in [-0.05, 0) is 11.6 Å². The highest BCUT2D eigenvalue weighted by Gasteiger charge is 2.16. The highest BCUT2D eigenvalue weighted by Crippen LogP contribution is 2.26. The van der Waals surface area contributed by atoms with Gasteiger partial charge in [-0.1, -0.05) is 48.5 Å². The number of thioether (sulfide) groups is 1. The summed E-state index contributed by atoms with van der Waals surface area (Å²) >= 11 is 1.60. The fraction of sp³-hybridized carbons (Fsp3) is 0.316. The van der Waals surface area contributed by atoms with Crippen LogP contribution in [0.2, 0.25) is 0 Å². The first-order chi connectivity index (χ1) is 11.7. The molecule has 128 valence electrons. The van der Waals surface area contributed by atoms with Crippen LogP contribution in [0.25, 0.3) is 0 Å². The Bertz CT molecular complexity index is 634. The zero-order valence-corrected chi connectivity index (χ0v) is 14.8. The van der Waals surface area contributed by atoms with Crippen molar-refractivity contribution in [1.82, 2.24) is 5.32 Å². The van der Waals surface area contributed by atoms with Gasteiger partial charge in [0.05, 0.1) is 12.9 Å². The van der Waals surface area contributed by atoms with Gasteiger partial charge in [0, 0.05) is 25.0 Å². The molecule has 0 bridgehead atoms. The van der Waals surface area contributed by atoms with Crippen LogP contribution in [-0.2, 0) is 15.3 Å². The van der Waals surface area contributed by atoms with Crippen LogP contribution in [0, 0.1) is 0 Å². The van der Waals surface area contributed by atoms with Crippen molar-refractivity contribution in [3.63, 3.8) is 0 Å². The van der Waals surface area contributed by atoms with Crippen LogP contribution in [-0.4, -0.2) is 32.4 Å². The van der Waals surface area contributed by atoms with E-state index in [1.54, 1.807) is 26.0 Å². The van der Waals surface area contributed by atoms with Gasteiger partial charge in [0.1, 0.15) is 11.9 Å².